The van der Waals surface area contributed by atoms with Crippen LogP contribution in [0.4, 0.5) is 4.39 Å². The van der Waals surface area contributed by atoms with Crippen molar-refractivity contribution in [3.8, 4) is 0 Å². The van der Waals surface area contributed by atoms with E-state index in [1.54, 1.807) is 20.8 Å². The molecule has 0 saturated carbocycles. The van der Waals surface area contributed by atoms with Gasteiger partial charge < -0.3 is 4.90 Å². The van der Waals surface area contributed by atoms with Crippen molar-refractivity contribution in [3.05, 3.63) is 28.5 Å². The first-order valence-electron chi connectivity index (χ1n) is 5.84. The largest absolute Gasteiger partial charge is 0.336 e. The molecule has 0 aliphatic carbocycles. The zero-order chi connectivity index (χ0) is 15.7. The van der Waals surface area contributed by atoms with Gasteiger partial charge in [0.25, 0.3) is 15.0 Å². The Morgan fingerprint density at radius 2 is 1.95 bits per heavy atom. The lowest BCUT2D eigenvalue weighted by Gasteiger charge is -2.25. The van der Waals surface area contributed by atoms with Crippen molar-refractivity contribution in [2.75, 3.05) is 6.54 Å². The molecule has 1 rings (SSSR count). The molecule has 0 N–H and O–H groups in total. The molecule has 1 amide bonds. The number of rotatable bonds is 4. The quantitative estimate of drug-likeness (QED) is 0.789. The number of amides is 1. The molecule has 0 aromatic heterocycles. The van der Waals surface area contributed by atoms with Crippen LogP contribution in [-0.2, 0) is 9.05 Å². The number of nitrogens with zero attached hydrogens (tertiary/aromatic N) is 1. The molecule has 0 bridgehead atoms. The van der Waals surface area contributed by atoms with E-state index in [0.29, 0.717) is 6.54 Å². The first kappa shape index (κ1) is 17.2. The van der Waals surface area contributed by atoms with Crippen LogP contribution >= 0.6 is 22.3 Å². The summed E-state index contributed by atoms with van der Waals surface area (Å²) >= 11 is 5.83. The fourth-order valence-electron chi connectivity index (χ4n) is 1.78. The van der Waals surface area contributed by atoms with Crippen LogP contribution in [0.15, 0.2) is 17.0 Å². The van der Waals surface area contributed by atoms with Gasteiger partial charge in [-0.15, -0.1) is 0 Å². The summed E-state index contributed by atoms with van der Waals surface area (Å²) in [6, 6.07) is 1.54. The SMILES string of the molecule is CCN(C(=O)c1cc(S(=O)(=O)Cl)c(F)cc1Cl)C(C)C. The van der Waals surface area contributed by atoms with E-state index in [0.717, 1.165) is 12.1 Å². The topological polar surface area (TPSA) is 54.5 Å². The van der Waals surface area contributed by atoms with Crippen LogP contribution in [0.3, 0.4) is 0 Å². The minimum atomic E-state index is -4.29. The summed E-state index contributed by atoms with van der Waals surface area (Å²) < 4.78 is 36.1. The molecule has 0 unspecified atom stereocenters. The van der Waals surface area contributed by atoms with Gasteiger partial charge in [0.2, 0.25) is 0 Å². The molecular formula is C12H14Cl2FNO3S. The van der Waals surface area contributed by atoms with Gasteiger partial charge in [-0.2, -0.15) is 0 Å². The van der Waals surface area contributed by atoms with Crippen LogP contribution < -0.4 is 0 Å². The predicted molar refractivity (Wildman–Crippen MR) is 76.3 cm³/mol. The van der Waals surface area contributed by atoms with E-state index in [1.165, 1.54) is 4.90 Å². The van der Waals surface area contributed by atoms with E-state index in [9.17, 15) is 17.6 Å². The van der Waals surface area contributed by atoms with Crippen molar-refractivity contribution in [1.82, 2.24) is 4.90 Å². The monoisotopic (exact) mass is 341 g/mol. The average Bonchev–Trinajstić information content (AvgIpc) is 2.27. The van der Waals surface area contributed by atoms with E-state index in [2.05, 4.69) is 0 Å². The van der Waals surface area contributed by atoms with Crippen LogP contribution in [0.5, 0.6) is 0 Å². The van der Waals surface area contributed by atoms with Gasteiger partial charge in [-0.05, 0) is 32.9 Å². The second kappa shape index (κ2) is 6.28. The van der Waals surface area contributed by atoms with Gasteiger partial charge >= 0.3 is 0 Å². The summed E-state index contributed by atoms with van der Waals surface area (Å²) in [7, 11) is 0.842. The maximum Gasteiger partial charge on any atom is 0.264 e. The number of benzene rings is 1. The molecule has 1 aromatic carbocycles. The number of carbonyl (C=O) groups excluding carboxylic acids is 1. The molecule has 0 spiro atoms. The fourth-order valence-corrected chi connectivity index (χ4v) is 2.91. The lowest BCUT2D eigenvalue weighted by Crippen LogP contribution is -2.36. The highest BCUT2D eigenvalue weighted by Crippen LogP contribution is 2.27. The Labute approximate surface area is 126 Å². The molecule has 8 heteroatoms. The smallest absolute Gasteiger partial charge is 0.264 e. The molecule has 4 nitrogen and oxygen atoms in total. The number of hydrogen-bond acceptors (Lipinski definition) is 3. The predicted octanol–water partition coefficient (Wildman–Crippen LogP) is 3.28. The minimum absolute atomic E-state index is 0.0946. The maximum atomic E-state index is 13.6. The molecule has 112 valence electrons. The van der Waals surface area contributed by atoms with E-state index >= 15 is 0 Å². The van der Waals surface area contributed by atoms with Crippen molar-refractivity contribution < 1.29 is 17.6 Å². The molecule has 0 aliphatic rings. The van der Waals surface area contributed by atoms with E-state index in [-0.39, 0.29) is 16.6 Å². The van der Waals surface area contributed by atoms with Crippen molar-refractivity contribution >= 4 is 37.2 Å². The van der Waals surface area contributed by atoms with Gasteiger partial charge in [0, 0.05) is 23.3 Å². The Hall–Kier alpha value is -0.850. The van der Waals surface area contributed by atoms with Gasteiger partial charge in [-0.1, -0.05) is 11.6 Å². The molecule has 1 aromatic rings. The third kappa shape index (κ3) is 3.62. The van der Waals surface area contributed by atoms with Gasteiger partial charge in [-0.3, -0.25) is 4.79 Å². The first-order valence-corrected chi connectivity index (χ1v) is 8.53. The molecule has 20 heavy (non-hydrogen) atoms. The summed E-state index contributed by atoms with van der Waals surface area (Å²) in [5.74, 6) is -1.57. The number of carbonyl (C=O) groups is 1. The lowest BCUT2D eigenvalue weighted by molar-refractivity contribution is 0.0717. The summed E-state index contributed by atoms with van der Waals surface area (Å²) in [5.41, 5.74) is -0.0946. The normalized spacial score (nSPS) is 11.8. The summed E-state index contributed by atoms with van der Waals surface area (Å²) in [6.07, 6.45) is 0. The molecule has 0 saturated heterocycles. The van der Waals surface area contributed by atoms with E-state index in [1.807, 2.05) is 0 Å². The highest BCUT2D eigenvalue weighted by atomic mass is 35.7. The van der Waals surface area contributed by atoms with Gasteiger partial charge in [0.05, 0.1) is 10.6 Å². The van der Waals surface area contributed by atoms with Crippen LogP contribution in [0, 0.1) is 5.82 Å². The molecule has 0 radical (unpaired) electrons. The average molecular weight is 342 g/mol. The Morgan fingerprint density at radius 1 is 1.40 bits per heavy atom. The van der Waals surface area contributed by atoms with Crippen LogP contribution in [0.25, 0.3) is 0 Å². The molecule has 0 heterocycles. The van der Waals surface area contributed by atoms with Crippen molar-refractivity contribution in [3.63, 3.8) is 0 Å². The minimum Gasteiger partial charge on any atom is -0.336 e. The Morgan fingerprint density at radius 3 is 2.35 bits per heavy atom. The molecule has 0 fully saturated rings. The van der Waals surface area contributed by atoms with Crippen LogP contribution in [-0.4, -0.2) is 31.8 Å². The molecule has 0 atom stereocenters. The summed E-state index contributed by atoms with van der Waals surface area (Å²) in [5, 5.41) is -0.157. The summed E-state index contributed by atoms with van der Waals surface area (Å²) in [6.45, 7) is 5.79. The summed E-state index contributed by atoms with van der Waals surface area (Å²) in [4.78, 5) is 13.0. The third-order valence-corrected chi connectivity index (χ3v) is 4.39. The molecular weight excluding hydrogens is 328 g/mol. The second-order valence-electron chi connectivity index (χ2n) is 4.39. The van der Waals surface area contributed by atoms with Crippen LogP contribution in [0.1, 0.15) is 31.1 Å². The van der Waals surface area contributed by atoms with Crippen molar-refractivity contribution in [2.45, 2.75) is 31.7 Å². The van der Waals surface area contributed by atoms with Crippen molar-refractivity contribution in [1.29, 1.82) is 0 Å². The zero-order valence-electron chi connectivity index (χ0n) is 11.2. The van der Waals surface area contributed by atoms with Gasteiger partial charge in [0.15, 0.2) is 0 Å². The maximum absolute atomic E-state index is 13.6. The lowest BCUT2D eigenvalue weighted by atomic mass is 10.1. The molecule has 0 aliphatic heterocycles. The van der Waals surface area contributed by atoms with E-state index in [4.69, 9.17) is 22.3 Å². The standard InChI is InChI=1S/C12H14Cl2FNO3S/c1-4-16(7(2)3)12(17)8-5-11(20(14,18)19)10(15)6-9(8)13/h5-7H,4H2,1-3H3. The first-order chi connectivity index (χ1) is 9.09. The highest BCUT2D eigenvalue weighted by molar-refractivity contribution is 8.13. The van der Waals surface area contributed by atoms with Crippen LogP contribution in [0.2, 0.25) is 5.02 Å². The fraction of sp³-hybridized carbons (Fsp3) is 0.417. The second-order valence-corrected chi connectivity index (χ2v) is 7.33. The highest BCUT2D eigenvalue weighted by Gasteiger charge is 2.25. The Balaban J connectivity index is 3.43. The van der Waals surface area contributed by atoms with Crippen molar-refractivity contribution in [2.24, 2.45) is 0 Å². The Kier molecular flexibility index (Phi) is 5.40. The van der Waals surface area contributed by atoms with Gasteiger partial charge in [0.1, 0.15) is 10.7 Å². The third-order valence-electron chi connectivity index (χ3n) is 2.74. The zero-order valence-corrected chi connectivity index (χ0v) is 13.5. The Bertz CT molecular complexity index is 632. The number of hydrogen-bond donors (Lipinski definition) is 0. The van der Waals surface area contributed by atoms with Gasteiger partial charge in [-0.25, -0.2) is 12.8 Å². The number of halogens is 3. The van der Waals surface area contributed by atoms with E-state index < -0.39 is 25.7 Å².